The van der Waals surface area contributed by atoms with Crippen LogP contribution in [0.2, 0.25) is 0 Å². The minimum Gasteiger partial charge on any atom is -0.394 e. The number of aliphatic hydroxyl groups excluding tert-OH is 1. The molecule has 0 aromatic rings. The van der Waals surface area contributed by atoms with E-state index in [0.717, 1.165) is 12.8 Å². The molecular weight excluding hydrogens is 210 g/mol. The number of carbonyl (C=O) groups excluding carboxylic acids is 1. The number of rotatable bonds is 10. The van der Waals surface area contributed by atoms with Gasteiger partial charge >= 0.3 is 0 Å². The van der Waals surface area contributed by atoms with Crippen LogP contribution < -0.4 is 16.8 Å². The van der Waals surface area contributed by atoms with Gasteiger partial charge in [-0.2, -0.15) is 0 Å². The average molecular weight is 233 g/mol. The zero-order valence-electron chi connectivity index (χ0n) is 9.65. The van der Waals surface area contributed by atoms with Gasteiger partial charge in [0.2, 0.25) is 5.91 Å². The molecule has 0 saturated carbocycles. The summed E-state index contributed by atoms with van der Waals surface area (Å²) in [7, 11) is 0. The van der Waals surface area contributed by atoms with Crippen LogP contribution in [-0.2, 0) is 9.53 Å². The van der Waals surface area contributed by atoms with E-state index >= 15 is 0 Å². The van der Waals surface area contributed by atoms with Crippen LogP contribution in [0.3, 0.4) is 0 Å². The molecule has 6 nitrogen and oxygen atoms in total. The van der Waals surface area contributed by atoms with Crippen molar-refractivity contribution in [2.45, 2.75) is 25.3 Å². The molecule has 1 atom stereocenters. The summed E-state index contributed by atoms with van der Waals surface area (Å²) in [5, 5.41) is 11.1. The fourth-order valence-electron chi connectivity index (χ4n) is 1.18. The number of nitrogens with one attached hydrogen (secondary N) is 1. The molecule has 0 heterocycles. The van der Waals surface area contributed by atoms with Crippen molar-refractivity contribution in [1.82, 2.24) is 5.32 Å². The quantitative estimate of drug-likeness (QED) is 0.346. The van der Waals surface area contributed by atoms with Crippen molar-refractivity contribution in [3.05, 3.63) is 0 Å². The zero-order valence-corrected chi connectivity index (χ0v) is 9.65. The Morgan fingerprint density at radius 1 is 1.38 bits per heavy atom. The molecule has 0 aliphatic carbocycles. The third-order valence-electron chi connectivity index (χ3n) is 2.09. The molecular formula is C10H23N3O3. The molecule has 0 fully saturated rings. The highest BCUT2D eigenvalue weighted by Gasteiger charge is 2.11. The Morgan fingerprint density at radius 2 is 2.12 bits per heavy atom. The van der Waals surface area contributed by atoms with Gasteiger partial charge in [-0.25, -0.2) is 0 Å². The second-order valence-corrected chi connectivity index (χ2v) is 3.52. The van der Waals surface area contributed by atoms with Crippen LogP contribution >= 0.6 is 0 Å². The predicted octanol–water partition coefficient (Wildman–Crippen LogP) is -1.43. The van der Waals surface area contributed by atoms with Crippen LogP contribution in [0.15, 0.2) is 0 Å². The van der Waals surface area contributed by atoms with Gasteiger partial charge in [0.1, 0.15) is 0 Å². The molecule has 16 heavy (non-hydrogen) atoms. The van der Waals surface area contributed by atoms with Crippen LogP contribution in [0.4, 0.5) is 0 Å². The highest BCUT2D eigenvalue weighted by Crippen LogP contribution is 1.97. The van der Waals surface area contributed by atoms with Crippen molar-refractivity contribution in [1.29, 1.82) is 0 Å². The minimum atomic E-state index is -0.468. The molecule has 0 bridgehead atoms. The summed E-state index contributed by atoms with van der Waals surface area (Å²) < 4.78 is 4.99. The van der Waals surface area contributed by atoms with Gasteiger partial charge in [0.15, 0.2) is 0 Å². The third kappa shape index (κ3) is 8.60. The Morgan fingerprint density at radius 3 is 2.75 bits per heavy atom. The topological polar surface area (TPSA) is 111 Å². The molecule has 0 aromatic carbocycles. The standard InChI is InChI=1S/C10H23N3O3/c11-4-2-1-3-9(12)10(15)13-5-7-16-8-6-14/h9,14H,1-8,11-12H2,(H,13,15). The lowest BCUT2D eigenvalue weighted by Gasteiger charge is -2.11. The maximum atomic E-state index is 11.4. The summed E-state index contributed by atoms with van der Waals surface area (Å²) >= 11 is 0. The van der Waals surface area contributed by atoms with E-state index in [1.54, 1.807) is 0 Å². The van der Waals surface area contributed by atoms with Crippen LogP contribution in [0, 0.1) is 0 Å². The van der Waals surface area contributed by atoms with Crippen molar-refractivity contribution in [2.75, 3.05) is 32.9 Å². The zero-order chi connectivity index (χ0) is 12.2. The molecule has 0 saturated heterocycles. The molecule has 6 N–H and O–H groups in total. The van der Waals surface area contributed by atoms with Crippen LogP contribution in [-0.4, -0.2) is 50.0 Å². The average Bonchev–Trinajstić information content (AvgIpc) is 2.28. The summed E-state index contributed by atoms with van der Waals surface area (Å²) in [6, 6.07) is -0.468. The first-order chi connectivity index (χ1) is 7.72. The van der Waals surface area contributed by atoms with Gasteiger partial charge in [-0.1, -0.05) is 6.42 Å². The fourth-order valence-corrected chi connectivity index (χ4v) is 1.18. The van der Waals surface area contributed by atoms with Gasteiger partial charge in [-0.15, -0.1) is 0 Å². The van der Waals surface area contributed by atoms with Gasteiger partial charge in [0, 0.05) is 6.54 Å². The number of aliphatic hydroxyl groups is 1. The van der Waals surface area contributed by atoms with E-state index in [4.69, 9.17) is 21.3 Å². The molecule has 96 valence electrons. The Kier molecular flexibility index (Phi) is 10.3. The largest absolute Gasteiger partial charge is 0.394 e. The van der Waals surface area contributed by atoms with Gasteiger partial charge in [0.05, 0.1) is 25.9 Å². The number of ether oxygens (including phenoxy) is 1. The smallest absolute Gasteiger partial charge is 0.236 e. The molecule has 1 unspecified atom stereocenters. The van der Waals surface area contributed by atoms with Crippen molar-refractivity contribution >= 4 is 5.91 Å². The molecule has 0 aliphatic rings. The van der Waals surface area contributed by atoms with E-state index in [2.05, 4.69) is 5.32 Å². The number of unbranched alkanes of at least 4 members (excludes halogenated alkanes) is 1. The van der Waals surface area contributed by atoms with Gasteiger partial charge in [-0.3, -0.25) is 4.79 Å². The number of amides is 1. The fraction of sp³-hybridized carbons (Fsp3) is 0.900. The van der Waals surface area contributed by atoms with Crippen molar-refractivity contribution in [3.8, 4) is 0 Å². The second-order valence-electron chi connectivity index (χ2n) is 3.52. The SMILES string of the molecule is NCCCCC(N)C(=O)NCCOCCO. The van der Waals surface area contributed by atoms with E-state index in [9.17, 15) is 4.79 Å². The monoisotopic (exact) mass is 233 g/mol. The normalized spacial score (nSPS) is 12.4. The molecule has 0 radical (unpaired) electrons. The Bertz CT molecular complexity index is 179. The summed E-state index contributed by atoms with van der Waals surface area (Å²) in [5.74, 6) is -0.162. The van der Waals surface area contributed by atoms with Crippen LogP contribution in [0.5, 0.6) is 0 Å². The Balaban J connectivity index is 3.40. The highest BCUT2D eigenvalue weighted by molar-refractivity contribution is 5.81. The Hall–Kier alpha value is -0.690. The lowest BCUT2D eigenvalue weighted by molar-refractivity contribution is -0.122. The first-order valence-electron chi connectivity index (χ1n) is 5.64. The number of hydrogen-bond donors (Lipinski definition) is 4. The van der Waals surface area contributed by atoms with E-state index in [1.165, 1.54) is 0 Å². The van der Waals surface area contributed by atoms with Crippen molar-refractivity contribution in [3.63, 3.8) is 0 Å². The summed E-state index contributed by atoms with van der Waals surface area (Å²) in [5.41, 5.74) is 11.0. The molecule has 0 aliphatic heterocycles. The minimum absolute atomic E-state index is 0.00739. The highest BCUT2D eigenvalue weighted by atomic mass is 16.5. The molecule has 0 aromatic heterocycles. The van der Waals surface area contributed by atoms with Gasteiger partial charge in [-0.05, 0) is 19.4 Å². The summed E-state index contributed by atoms with van der Waals surface area (Å²) in [4.78, 5) is 11.4. The second kappa shape index (κ2) is 10.8. The summed E-state index contributed by atoms with van der Waals surface area (Å²) in [6.07, 6.45) is 2.41. The van der Waals surface area contributed by atoms with E-state index in [0.29, 0.717) is 32.7 Å². The lowest BCUT2D eigenvalue weighted by atomic mass is 10.1. The van der Waals surface area contributed by atoms with Crippen molar-refractivity contribution < 1.29 is 14.6 Å². The maximum absolute atomic E-state index is 11.4. The van der Waals surface area contributed by atoms with E-state index in [1.807, 2.05) is 0 Å². The molecule has 1 amide bonds. The number of carbonyl (C=O) groups is 1. The van der Waals surface area contributed by atoms with Crippen LogP contribution in [0.25, 0.3) is 0 Å². The lowest BCUT2D eigenvalue weighted by Crippen LogP contribution is -2.41. The first kappa shape index (κ1) is 15.3. The van der Waals surface area contributed by atoms with Gasteiger partial charge < -0.3 is 26.6 Å². The molecule has 6 heteroatoms. The Labute approximate surface area is 96.3 Å². The number of hydrogen-bond acceptors (Lipinski definition) is 5. The number of nitrogens with two attached hydrogens (primary N) is 2. The van der Waals surface area contributed by atoms with Gasteiger partial charge in [0.25, 0.3) is 0 Å². The van der Waals surface area contributed by atoms with Crippen LogP contribution in [0.1, 0.15) is 19.3 Å². The maximum Gasteiger partial charge on any atom is 0.236 e. The summed E-state index contributed by atoms with van der Waals surface area (Å²) in [6.45, 7) is 1.72. The predicted molar refractivity (Wildman–Crippen MR) is 61.8 cm³/mol. The first-order valence-corrected chi connectivity index (χ1v) is 5.64. The molecule has 0 spiro atoms. The van der Waals surface area contributed by atoms with E-state index < -0.39 is 6.04 Å². The molecule has 0 rings (SSSR count). The third-order valence-corrected chi connectivity index (χ3v) is 2.09. The van der Waals surface area contributed by atoms with E-state index in [-0.39, 0.29) is 12.5 Å². The van der Waals surface area contributed by atoms with Crippen molar-refractivity contribution in [2.24, 2.45) is 11.5 Å².